The van der Waals surface area contributed by atoms with Crippen LogP contribution in [0, 0.1) is 0 Å². The summed E-state index contributed by atoms with van der Waals surface area (Å²) < 4.78 is 42.5. The first-order valence-corrected chi connectivity index (χ1v) is 14.0. The van der Waals surface area contributed by atoms with Crippen LogP contribution in [0.5, 0.6) is 11.5 Å². The van der Waals surface area contributed by atoms with E-state index in [4.69, 9.17) is 30.7 Å². The third kappa shape index (κ3) is 6.64. The number of halogens is 3. The average molecular weight is 614 g/mol. The summed E-state index contributed by atoms with van der Waals surface area (Å²) in [6.07, 6.45) is 4.57. The molecule has 9 nitrogen and oxygen atoms in total. The van der Waals surface area contributed by atoms with Crippen molar-refractivity contribution in [1.29, 1.82) is 0 Å². The molecule has 2 N–H and O–H groups in total. The zero-order valence-corrected chi connectivity index (χ0v) is 24.0. The summed E-state index contributed by atoms with van der Waals surface area (Å²) in [4.78, 5) is 17.2. The number of aldehydes is 1. The third-order valence-electron chi connectivity index (χ3n) is 7.43. The Morgan fingerprint density at radius 2 is 1.98 bits per heavy atom. The fraction of sp³-hybridized carbons (Fsp3) is 0.323. The third-order valence-corrected chi connectivity index (χ3v) is 7.74. The van der Waals surface area contributed by atoms with E-state index in [1.807, 2.05) is 4.90 Å². The molecule has 6 rings (SSSR count). The SMILES string of the molecule is CO.O=Cc1ccc(N2CCC(O)(c3ccc(OCc4c(-c5ccccc5OC(F)F)noc4C4CC4)cc3Cl)C2)nc1. The van der Waals surface area contributed by atoms with E-state index < -0.39 is 12.2 Å². The number of aromatic nitrogens is 2. The van der Waals surface area contributed by atoms with Gasteiger partial charge in [0.25, 0.3) is 0 Å². The number of pyridine rings is 1. The van der Waals surface area contributed by atoms with Crippen molar-refractivity contribution in [2.45, 2.75) is 44.0 Å². The van der Waals surface area contributed by atoms with E-state index in [0.29, 0.717) is 63.3 Å². The van der Waals surface area contributed by atoms with Gasteiger partial charge in [0.2, 0.25) is 0 Å². The Bertz CT molecular complexity index is 1560. The van der Waals surface area contributed by atoms with Gasteiger partial charge in [0, 0.05) is 42.5 Å². The van der Waals surface area contributed by atoms with Crippen molar-refractivity contribution in [2.24, 2.45) is 0 Å². The highest BCUT2D eigenvalue weighted by Crippen LogP contribution is 2.46. The number of β-amino-alcohol motifs (C(OH)–C–C–N with tert-alkyl or cyclic N) is 1. The second-order valence-corrected chi connectivity index (χ2v) is 10.6. The van der Waals surface area contributed by atoms with Crippen LogP contribution < -0.4 is 14.4 Å². The van der Waals surface area contributed by atoms with Gasteiger partial charge in [0.1, 0.15) is 41.0 Å². The summed E-state index contributed by atoms with van der Waals surface area (Å²) >= 11 is 6.65. The largest absolute Gasteiger partial charge is 0.489 e. The number of ether oxygens (including phenoxy) is 2. The summed E-state index contributed by atoms with van der Waals surface area (Å²) in [5.74, 6) is 2.01. The average Bonchev–Trinajstić information content (AvgIpc) is 3.65. The molecule has 0 spiro atoms. The number of hydrogen-bond donors (Lipinski definition) is 2. The lowest BCUT2D eigenvalue weighted by Crippen LogP contribution is -2.31. The van der Waals surface area contributed by atoms with Crippen molar-refractivity contribution in [1.82, 2.24) is 10.1 Å². The number of carbonyl (C=O) groups is 1. The molecule has 3 heterocycles. The molecule has 0 bridgehead atoms. The van der Waals surface area contributed by atoms with E-state index in [-0.39, 0.29) is 24.8 Å². The summed E-state index contributed by atoms with van der Waals surface area (Å²) in [5, 5.41) is 23.0. The Kier molecular flexibility index (Phi) is 9.24. The van der Waals surface area contributed by atoms with Crippen molar-refractivity contribution in [2.75, 3.05) is 25.1 Å². The first-order valence-electron chi connectivity index (χ1n) is 13.6. The van der Waals surface area contributed by atoms with Crippen LogP contribution in [0.1, 0.15) is 52.4 Å². The van der Waals surface area contributed by atoms with Gasteiger partial charge in [-0.1, -0.05) is 35.0 Å². The fourth-order valence-electron chi connectivity index (χ4n) is 5.18. The molecule has 12 heteroatoms. The summed E-state index contributed by atoms with van der Waals surface area (Å²) in [6.45, 7) is -2.05. The number of carbonyl (C=O) groups excluding carboxylic acids is 1. The molecular weight excluding hydrogens is 584 g/mol. The van der Waals surface area contributed by atoms with Gasteiger partial charge < -0.3 is 29.1 Å². The molecule has 226 valence electrons. The maximum Gasteiger partial charge on any atom is 0.387 e. The number of aliphatic hydroxyl groups excluding tert-OH is 1. The number of para-hydroxylation sites is 1. The lowest BCUT2D eigenvalue weighted by atomic mass is 9.93. The second kappa shape index (κ2) is 13.1. The Morgan fingerprint density at radius 3 is 2.65 bits per heavy atom. The quantitative estimate of drug-likeness (QED) is 0.209. The standard InChI is InChI=1S/C30H26ClF2N3O5.CH4O/c31-24-13-20(8-9-23(24)30(38)11-12-36(17-30)26-10-5-18(15-37)14-34-26)39-16-22-27(35-41-28(22)19-6-7-19)21-3-1-2-4-25(21)40-29(32)33;1-2/h1-5,8-10,13-15,19,29,38H,6-7,11-12,16-17H2;2H,1H3. The van der Waals surface area contributed by atoms with Crippen molar-refractivity contribution >= 4 is 23.7 Å². The summed E-state index contributed by atoms with van der Waals surface area (Å²) in [7, 11) is 1.00. The Balaban J connectivity index is 0.00000180. The molecule has 4 aromatic rings. The molecule has 1 atom stereocenters. The van der Waals surface area contributed by atoms with Gasteiger partial charge in [-0.15, -0.1) is 0 Å². The van der Waals surface area contributed by atoms with E-state index in [0.717, 1.165) is 26.2 Å². The highest BCUT2D eigenvalue weighted by atomic mass is 35.5. The molecule has 0 radical (unpaired) electrons. The van der Waals surface area contributed by atoms with Crippen LogP contribution in [-0.2, 0) is 12.2 Å². The van der Waals surface area contributed by atoms with Crippen LogP contribution in [0.25, 0.3) is 11.3 Å². The number of hydrogen-bond acceptors (Lipinski definition) is 9. The maximum absolute atomic E-state index is 13.0. The minimum atomic E-state index is -2.98. The molecule has 0 amide bonds. The van der Waals surface area contributed by atoms with Crippen LogP contribution in [0.15, 0.2) is 65.3 Å². The van der Waals surface area contributed by atoms with Crippen molar-refractivity contribution in [3.8, 4) is 22.8 Å². The van der Waals surface area contributed by atoms with Gasteiger partial charge in [0.05, 0.1) is 17.1 Å². The minimum Gasteiger partial charge on any atom is -0.489 e. The minimum absolute atomic E-state index is 0.000488. The predicted molar refractivity (Wildman–Crippen MR) is 155 cm³/mol. The Morgan fingerprint density at radius 1 is 1.19 bits per heavy atom. The van der Waals surface area contributed by atoms with Crippen LogP contribution in [0.3, 0.4) is 0 Å². The van der Waals surface area contributed by atoms with Crippen LogP contribution in [0.2, 0.25) is 5.02 Å². The predicted octanol–water partition coefficient (Wildman–Crippen LogP) is 5.97. The van der Waals surface area contributed by atoms with Crippen LogP contribution in [-0.4, -0.2) is 53.5 Å². The van der Waals surface area contributed by atoms with Crippen LogP contribution >= 0.6 is 11.6 Å². The molecule has 1 saturated carbocycles. The molecule has 1 aliphatic carbocycles. The topological polar surface area (TPSA) is 118 Å². The van der Waals surface area contributed by atoms with E-state index in [2.05, 4.69) is 10.1 Å². The molecule has 1 saturated heterocycles. The number of rotatable bonds is 10. The first kappa shape index (κ1) is 30.4. The first-order chi connectivity index (χ1) is 20.8. The number of anilines is 1. The van der Waals surface area contributed by atoms with Crippen LogP contribution in [0.4, 0.5) is 14.6 Å². The summed E-state index contributed by atoms with van der Waals surface area (Å²) in [5.41, 5.74) is 1.29. The molecule has 1 aliphatic heterocycles. The highest BCUT2D eigenvalue weighted by molar-refractivity contribution is 6.31. The van der Waals surface area contributed by atoms with Gasteiger partial charge in [0.15, 0.2) is 6.29 Å². The van der Waals surface area contributed by atoms with E-state index in [9.17, 15) is 18.7 Å². The molecular formula is C31H30ClF2N3O6. The number of aliphatic hydroxyl groups is 2. The monoisotopic (exact) mass is 613 g/mol. The second-order valence-electron chi connectivity index (χ2n) is 10.2. The molecule has 2 aliphatic rings. The van der Waals surface area contributed by atoms with Crippen molar-refractivity contribution in [3.63, 3.8) is 0 Å². The molecule has 2 aromatic heterocycles. The number of alkyl halides is 2. The zero-order chi connectivity index (χ0) is 30.6. The maximum atomic E-state index is 13.0. The smallest absolute Gasteiger partial charge is 0.387 e. The molecule has 43 heavy (non-hydrogen) atoms. The van der Waals surface area contributed by atoms with Crippen molar-refractivity contribution < 1.29 is 37.8 Å². The molecule has 1 unspecified atom stereocenters. The number of benzene rings is 2. The van der Waals surface area contributed by atoms with Gasteiger partial charge in [-0.2, -0.15) is 8.78 Å². The van der Waals surface area contributed by atoms with E-state index >= 15 is 0 Å². The Labute approximate surface area is 251 Å². The van der Waals surface area contributed by atoms with Gasteiger partial charge in [-0.3, -0.25) is 4.79 Å². The van der Waals surface area contributed by atoms with Gasteiger partial charge in [-0.25, -0.2) is 4.98 Å². The highest BCUT2D eigenvalue weighted by Gasteiger charge is 2.40. The van der Waals surface area contributed by atoms with Gasteiger partial charge in [-0.05, 0) is 55.7 Å². The number of nitrogens with zero attached hydrogens (tertiary/aromatic N) is 3. The van der Waals surface area contributed by atoms with Crippen molar-refractivity contribution in [3.05, 3.63) is 88.3 Å². The molecule has 2 aromatic carbocycles. The Hall–Kier alpha value is -4.06. The van der Waals surface area contributed by atoms with Gasteiger partial charge >= 0.3 is 6.61 Å². The molecule has 2 fully saturated rings. The van der Waals surface area contributed by atoms with E-state index in [1.165, 1.54) is 12.3 Å². The summed E-state index contributed by atoms with van der Waals surface area (Å²) in [6, 6.07) is 15.0. The fourth-order valence-corrected chi connectivity index (χ4v) is 5.53. The zero-order valence-electron chi connectivity index (χ0n) is 23.3. The van der Waals surface area contributed by atoms with E-state index in [1.54, 1.807) is 48.5 Å². The lowest BCUT2D eigenvalue weighted by molar-refractivity contribution is -0.0494. The lowest BCUT2D eigenvalue weighted by Gasteiger charge is -2.25. The normalized spacial score (nSPS) is 17.9.